The van der Waals surface area contributed by atoms with Gasteiger partial charge in [0.2, 0.25) is 11.0 Å². The molecule has 2 amide bonds. The number of hydrogen-bond donors (Lipinski definition) is 2. The summed E-state index contributed by atoms with van der Waals surface area (Å²) in [5.41, 5.74) is 1.42. The van der Waals surface area contributed by atoms with Gasteiger partial charge in [-0.2, -0.15) is 0 Å². The molecule has 1 aromatic heterocycles. The van der Waals surface area contributed by atoms with Crippen LogP contribution in [-0.2, 0) is 11.3 Å². The highest BCUT2D eigenvalue weighted by Gasteiger charge is 2.09. The highest BCUT2D eigenvalue weighted by molar-refractivity contribution is 7.15. The van der Waals surface area contributed by atoms with Gasteiger partial charge in [-0.15, -0.1) is 10.2 Å². The maximum absolute atomic E-state index is 12.2. The van der Waals surface area contributed by atoms with Crippen LogP contribution in [0.25, 0.3) is 0 Å². The number of carbonyl (C=O) groups excluding carboxylic acids is 2. The Balaban J connectivity index is 1.41. The molecule has 0 aliphatic rings. The molecule has 0 bridgehead atoms. The molecule has 28 heavy (non-hydrogen) atoms. The predicted octanol–water partition coefficient (Wildman–Crippen LogP) is 3.18. The molecule has 0 spiro atoms. The number of nitrogens with one attached hydrogen (secondary N) is 2. The van der Waals surface area contributed by atoms with E-state index in [0.717, 1.165) is 16.3 Å². The van der Waals surface area contributed by atoms with Gasteiger partial charge < -0.3 is 10.1 Å². The van der Waals surface area contributed by atoms with E-state index < -0.39 is 0 Å². The quantitative estimate of drug-likeness (QED) is 0.610. The number of amides is 2. The number of anilines is 1. The summed E-state index contributed by atoms with van der Waals surface area (Å²) in [5.74, 6) is 0.405. The standard InChI is InChI=1S/C20H20N4O3S/c1-14-23-24-20(28-14)22-19(26)16-9-7-15(8-10-16)13-21-18(25)11-12-27-17-5-3-2-4-6-17/h2-10H,11-13H2,1H3,(H,21,25)(H,22,24,26). The zero-order valence-electron chi connectivity index (χ0n) is 15.3. The lowest BCUT2D eigenvalue weighted by atomic mass is 10.1. The summed E-state index contributed by atoms with van der Waals surface area (Å²) in [6, 6.07) is 16.4. The van der Waals surface area contributed by atoms with Crippen molar-refractivity contribution in [3.8, 4) is 5.75 Å². The van der Waals surface area contributed by atoms with Gasteiger partial charge in [-0.1, -0.05) is 41.7 Å². The van der Waals surface area contributed by atoms with Crippen molar-refractivity contribution in [2.45, 2.75) is 19.9 Å². The summed E-state index contributed by atoms with van der Waals surface area (Å²) in [6.45, 7) is 2.53. The first kappa shape index (κ1) is 19.5. The van der Waals surface area contributed by atoms with E-state index in [1.165, 1.54) is 11.3 Å². The van der Waals surface area contributed by atoms with Gasteiger partial charge in [0.05, 0.1) is 13.0 Å². The fraction of sp³-hybridized carbons (Fsp3) is 0.200. The Bertz CT molecular complexity index is 926. The van der Waals surface area contributed by atoms with Crippen molar-refractivity contribution in [3.63, 3.8) is 0 Å². The number of aromatic nitrogens is 2. The Morgan fingerprint density at radius 2 is 1.79 bits per heavy atom. The van der Waals surface area contributed by atoms with Crippen molar-refractivity contribution in [2.75, 3.05) is 11.9 Å². The average molecular weight is 396 g/mol. The Morgan fingerprint density at radius 3 is 2.46 bits per heavy atom. The molecule has 0 atom stereocenters. The fourth-order valence-corrected chi connectivity index (χ4v) is 2.94. The largest absolute Gasteiger partial charge is 0.493 e. The van der Waals surface area contributed by atoms with Gasteiger partial charge in [0.25, 0.3) is 5.91 Å². The van der Waals surface area contributed by atoms with Gasteiger partial charge in [0, 0.05) is 12.1 Å². The van der Waals surface area contributed by atoms with Crippen molar-refractivity contribution in [1.82, 2.24) is 15.5 Å². The second-order valence-electron chi connectivity index (χ2n) is 5.97. The normalized spacial score (nSPS) is 10.3. The van der Waals surface area contributed by atoms with Crippen molar-refractivity contribution in [2.24, 2.45) is 0 Å². The molecule has 0 fully saturated rings. The van der Waals surface area contributed by atoms with Crippen LogP contribution in [0, 0.1) is 6.92 Å². The van der Waals surface area contributed by atoms with Crippen LogP contribution in [0.1, 0.15) is 27.3 Å². The number of benzene rings is 2. The molecule has 0 saturated carbocycles. The number of carbonyl (C=O) groups is 2. The van der Waals surface area contributed by atoms with E-state index in [4.69, 9.17) is 4.74 Å². The minimum Gasteiger partial charge on any atom is -0.493 e. The van der Waals surface area contributed by atoms with Gasteiger partial charge in [-0.25, -0.2) is 0 Å². The summed E-state index contributed by atoms with van der Waals surface area (Å²) in [4.78, 5) is 24.1. The predicted molar refractivity (Wildman–Crippen MR) is 107 cm³/mol. The van der Waals surface area contributed by atoms with Gasteiger partial charge >= 0.3 is 0 Å². The smallest absolute Gasteiger partial charge is 0.257 e. The molecule has 3 rings (SSSR count). The van der Waals surface area contributed by atoms with Gasteiger partial charge in [-0.3, -0.25) is 14.9 Å². The third kappa shape index (κ3) is 5.88. The molecule has 0 unspecified atom stereocenters. The molecule has 0 aliphatic carbocycles. The zero-order chi connectivity index (χ0) is 19.8. The SMILES string of the molecule is Cc1nnc(NC(=O)c2ccc(CNC(=O)CCOc3ccccc3)cc2)s1. The Kier molecular flexibility index (Phi) is 6.69. The molecule has 0 aliphatic heterocycles. The Labute approximate surface area is 166 Å². The van der Waals surface area contributed by atoms with Crippen LogP contribution in [0.2, 0.25) is 0 Å². The molecule has 8 heteroatoms. The van der Waals surface area contributed by atoms with Crippen LogP contribution in [0.15, 0.2) is 54.6 Å². The maximum Gasteiger partial charge on any atom is 0.257 e. The summed E-state index contributed by atoms with van der Waals surface area (Å²) >= 11 is 1.32. The van der Waals surface area contributed by atoms with E-state index in [9.17, 15) is 9.59 Å². The molecule has 0 saturated heterocycles. The lowest BCUT2D eigenvalue weighted by Gasteiger charge is -2.08. The van der Waals surface area contributed by atoms with Crippen LogP contribution in [0.4, 0.5) is 5.13 Å². The molecule has 0 radical (unpaired) electrons. The number of nitrogens with zero attached hydrogens (tertiary/aromatic N) is 2. The molecular weight excluding hydrogens is 376 g/mol. The lowest BCUT2D eigenvalue weighted by molar-refractivity contribution is -0.121. The van der Waals surface area contributed by atoms with Crippen molar-refractivity contribution >= 4 is 28.3 Å². The van der Waals surface area contributed by atoms with E-state index >= 15 is 0 Å². The van der Waals surface area contributed by atoms with Crippen molar-refractivity contribution in [3.05, 3.63) is 70.7 Å². The number of rotatable bonds is 8. The second kappa shape index (κ2) is 9.61. The first-order valence-electron chi connectivity index (χ1n) is 8.75. The van der Waals surface area contributed by atoms with E-state index in [2.05, 4.69) is 20.8 Å². The van der Waals surface area contributed by atoms with E-state index in [-0.39, 0.29) is 18.2 Å². The fourth-order valence-electron chi connectivity index (χ4n) is 2.36. The maximum atomic E-state index is 12.2. The minimum absolute atomic E-state index is 0.0932. The summed E-state index contributed by atoms with van der Waals surface area (Å²) in [7, 11) is 0. The zero-order valence-corrected chi connectivity index (χ0v) is 16.2. The summed E-state index contributed by atoms with van der Waals surface area (Å²) in [5, 5.41) is 14.5. The molecule has 7 nitrogen and oxygen atoms in total. The van der Waals surface area contributed by atoms with Crippen molar-refractivity contribution < 1.29 is 14.3 Å². The number of ether oxygens (including phenoxy) is 1. The second-order valence-corrected chi connectivity index (χ2v) is 7.15. The Morgan fingerprint density at radius 1 is 1.04 bits per heavy atom. The summed E-state index contributed by atoms with van der Waals surface area (Å²) in [6.07, 6.45) is 0.274. The van der Waals surface area contributed by atoms with Crippen LogP contribution in [0.5, 0.6) is 5.75 Å². The van der Waals surface area contributed by atoms with Crippen LogP contribution in [-0.4, -0.2) is 28.6 Å². The van der Waals surface area contributed by atoms with Gasteiger partial charge in [0.1, 0.15) is 10.8 Å². The molecule has 144 valence electrons. The van der Waals surface area contributed by atoms with E-state index in [1.54, 1.807) is 24.3 Å². The van der Waals surface area contributed by atoms with Crippen LogP contribution < -0.4 is 15.4 Å². The van der Waals surface area contributed by atoms with Crippen LogP contribution in [0.3, 0.4) is 0 Å². The monoisotopic (exact) mass is 396 g/mol. The molecule has 1 heterocycles. The number of hydrogen-bond acceptors (Lipinski definition) is 6. The minimum atomic E-state index is -0.246. The molecule has 3 aromatic rings. The molecular formula is C20H20N4O3S. The lowest BCUT2D eigenvalue weighted by Crippen LogP contribution is -2.24. The third-order valence-electron chi connectivity index (χ3n) is 3.79. The molecule has 2 aromatic carbocycles. The highest BCUT2D eigenvalue weighted by Crippen LogP contribution is 2.15. The van der Waals surface area contributed by atoms with Crippen LogP contribution >= 0.6 is 11.3 Å². The Hall–Kier alpha value is -3.26. The number of aryl methyl sites for hydroxylation is 1. The molecule has 2 N–H and O–H groups in total. The summed E-state index contributed by atoms with van der Waals surface area (Å²) < 4.78 is 5.51. The first-order valence-corrected chi connectivity index (χ1v) is 9.57. The number of para-hydroxylation sites is 1. The average Bonchev–Trinajstić information content (AvgIpc) is 3.12. The van der Waals surface area contributed by atoms with Crippen molar-refractivity contribution in [1.29, 1.82) is 0 Å². The topological polar surface area (TPSA) is 93.2 Å². The van der Waals surface area contributed by atoms with E-state index in [0.29, 0.717) is 23.8 Å². The first-order chi connectivity index (χ1) is 13.6. The third-order valence-corrected chi connectivity index (χ3v) is 4.55. The van der Waals surface area contributed by atoms with Gasteiger partial charge in [-0.05, 0) is 36.8 Å². The highest BCUT2D eigenvalue weighted by atomic mass is 32.1. The van der Waals surface area contributed by atoms with E-state index in [1.807, 2.05) is 37.3 Å². The van der Waals surface area contributed by atoms with Gasteiger partial charge in [0.15, 0.2) is 0 Å².